The van der Waals surface area contributed by atoms with Gasteiger partial charge in [-0.1, -0.05) is 30.3 Å². The van der Waals surface area contributed by atoms with Gasteiger partial charge in [0.2, 0.25) is 5.91 Å². The lowest BCUT2D eigenvalue weighted by Gasteiger charge is -2.18. The van der Waals surface area contributed by atoms with Gasteiger partial charge < -0.3 is 19.1 Å². The summed E-state index contributed by atoms with van der Waals surface area (Å²) in [4.78, 5) is 23.7. The number of amides is 1. The Morgan fingerprint density at radius 3 is 2.19 bits per heavy atom. The number of methoxy groups -OCH3 is 1. The second-order valence-corrected chi connectivity index (χ2v) is 6.34. The second-order valence-electron chi connectivity index (χ2n) is 4.07. The Morgan fingerprint density at radius 2 is 1.71 bits per heavy atom. The zero-order chi connectivity index (χ0) is 15.9. The van der Waals surface area contributed by atoms with Gasteiger partial charge in [0, 0.05) is 14.2 Å². The van der Waals surface area contributed by atoms with E-state index in [9.17, 15) is 14.2 Å². The van der Waals surface area contributed by atoms with Crippen molar-refractivity contribution in [2.45, 2.75) is 6.04 Å². The number of carbonyl (C=O) groups is 2. The van der Waals surface area contributed by atoms with Crippen molar-refractivity contribution in [1.29, 1.82) is 0 Å². The summed E-state index contributed by atoms with van der Waals surface area (Å²) in [6, 6.07) is 7.61. The Labute approximate surface area is 123 Å². The van der Waals surface area contributed by atoms with E-state index in [0.717, 1.165) is 0 Å². The summed E-state index contributed by atoms with van der Waals surface area (Å²) in [5.74, 6) is -1.26. The van der Waals surface area contributed by atoms with Crippen LogP contribution in [-0.2, 0) is 27.9 Å². The van der Waals surface area contributed by atoms with E-state index in [4.69, 9.17) is 0 Å². The highest BCUT2D eigenvalue weighted by molar-refractivity contribution is 7.54. The average Bonchev–Trinajstić information content (AvgIpc) is 2.52. The molecule has 0 aliphatic rings. The van der Waals surface area contributed by atoms with E-state index in [1.165, 1.54) is 21.3 Å². The molecule has 1 atom stereocenters. The molecule has 8 heteroatoms. The molecule has 0 unspecified atom stereocenters. The molecule has 116 valence electrons. The van der Waals surface area contributed by atoms with Gasteiger partial charge in [-0.2, -0.15) is 0 Å². The van der Waals surface area contributed by atoms with Gasteiger partial charge in [0.05, 0.1) is 7.11 Å². The lowest BCUT2D eigenvalue weighted by atomic mass is 10.1. The normalized spacial score (nSPS) is 12.5. The number of benzene rings is 1. The molecule has 1 N–H and O–H groups in total. The molecule has 1 aromatic rings. The van der Waals surface area contributed by atoms with Gasteiger partial charge in [-0.3, -0.25) is 9.36 Å². The first-order chi connectivity index (χ1) is 9.95. The number of hydrogen-bond donors (Lipinski definition) is 1. The molecule has 0 spiro atoms. The van der Waals surface area contributed by atoms with E-state index >= 15 is 0 Å². The number of rotatable bonds is 7. The van der Waals surface area contributed by atoms with Gasteiger partial charge in [0.1, 0.15) is 6.16 Å². The van der Waals surface area contributed by atoms with Gasteiger partial charge in [-0.15, -0.1) is 0 Å². The summed E-state index contributed by atoms with van der Waals surface area (Å²) < 4.78 is 25.9. The Morgan fingerprint density at radius 1 is 1.14 bits per heavy atom. The molecule has 21 heavy (non-hydrogen) atoms. The molecule has 0 bridgehead atoms. The minimum absolute atomic E-state index is 0.486. The molecule has 1 aromatic carbocycles. The lowest BCUT2D eigenvalue weighted by Crippen LogP contribution is -2.36. The molecule has 7 nitrogen and oxygen atoms in total. The number of esters is 1. The maximum atomic E-state index is 11.9. The van der Waals surface area contributed by atoms with Crippen LogP contribution in [0.3, 0.4) is 0 Å². The van der Waals surface area contributed by atoms with Crippen LogP contribution in [0.1, 0.15) is 11.6 Å². The van der Waals surface area contributed by atoms with Gasteiger partial charge in [0.15, 0.2) is 6.04 Å². The number of nitrogens with one attached hydrogen (secondary N) is 1. The first kappa shape index (κ1) is 17.4. The zero-order valence-electron chi connectivity index (χ0n) is 12.1. The molecule has 0 saturated heterocycles. The third kappa shape index (κ3) is 4.97. The molecule has 0 aromatic heterocycles. The quantitative estimate of drug-likeness (QED) is 0.606. The Kier molecular flexibility index (Phi) is 6.55. The van der Waals surface area contributed by atoms with Crippen molar-refractivity contribution in [1.82, 2.24) is 5.32 Å². The minimum Gasteiger partial charge on any atom is -0.467 e. The largest absolute Gasteiger partial charge is 0.467 e. The van der Waals surface area contributed by atoms with Gasteiger partial charge in [0.25, 0.3) is 0 Å². The van der Waals surface area contributed by atoms with Crippen molar-refractivity contribution >= 4 is 19.5 Å². The standard InChI is InChI=1S/C13H18NO6P/c1-18-13(16)12(10-7-5-4-6-8-10)14-11(15)9-21(17,19-2)20-3/h4-8,12H,9H2,1-3H3,(H,14,15)/t12-/m0/s1. The number of carbonyl (C=O) groups excluding carboxylic acids is 2. The van der Waals surface area contributed by atoms with Crippen molar-refractivity contribution in [2.75, 3.05) is 27.5 Å². The number of hydrogen-bond acceptors (Lipinski definition) is 6. The monoisotopic (exact) mass is 315 g/mol. The maximum Gasteiger partial charge on any atom is 0.339 e. The summed E-state index contributed by atoms with van der Waals surface area (Å²) >= 11 is 0. The minimum atomic E-state index is -3.49. The molecular weight excluding hydrogens is 297 g/mol. The predicted molar refractivity (Wildman–Crippen MR) is 75.8 cm³/mol. The maximum absolute atomic E-state index is 11.9. The molecule has 0 saturated carbocycles. The summed E-state index contributed by atoms with van der Waals surface area (Å²) in [6.45, 7) is 0. The average molecular weight is 315 g/mol. The highest BCUT2D eigenvalue weighted by atomic mass is 31.2. The highest BCUT2D eigenvalue weighted by Crippen LogP contribution is 2.45. The van der Waals surface area contributed by atoms with Crippen molar-refractivity contribution in [2.24, 2.45) is 0 Å². The van der Waals surface area contributed by atoms with Crippen LogP contribution >= 0.6 is 7.60 Å². The van der Waals surface area contributed by atoms with Gasteiger partial charge in [-0.25, -0.2) is 4.79 Å². The molecule has 1 rings (SSSR count). The fourth-order valence-corrected chi connectivity index (χ4v) is 2.48. The van der Waals surface area contributed by atoms with Crippen LogP contribution in [0.4, 0.5) is 0 Å². The van der Waals surface area contributed by atoms with Crippen molar-refractivity contribution < 1.29 is 27.9 Å². The van der Waals surface area contributed by atoms with Crippen LogP contribution in [0, 0.1) is 0 Å². The van der Waals surface area contributed by atoms with Crippen molar-refractivity contribution in [3.63, 3.8) is 0 Å². The Bertz CT molecular complexity index is 525. The van der Waals surface area contributed by atoms with E-state index in [-0.39, 0.29) is 0 Å². The van der Waals surface area contributed by atoms with Crippen molar-refractivity contribution in [3.8, 4) is 0 Å². The highest BCUT2D eigenvalue weighted by Gasteiger charge is 2.29. The Balaban J connectivity index is 2.86. The molecule has 0 radical (unpaired) electrons. The molecule has 0 heterocycles. The molecular formula is C13H18NO6P. The summed E-state index contributed by atoms with van der Waals surface area (Å²) in [5.41, 5.74) is 0.558. The summed E-state index contributed by atoms with van der Waals surface area (Å²) in [6.07, 6.45) is -0.486. The fourth-order valence-electron chi connectivity index (χ4n) is 1.63. The fraction of sp³-hybridized carbons (Fsp3) is 0.385. The Hall–Kier alpha value is -1.69. The first-order valence-corrected chi connectivity index (χ1v) is 7.81. The SMILES string of the molecule is COC(=O)[C@@H](NC(=O)CP(=O)(OC)OC)c1ccccc1. The molecule has 0 aliphatic carbocycles. The second kappa shape index (κ2) is 7.93. The van der Waals surface area contributed by atoms with E-state index in [1.807, 2.05) is 0 Å². The molecule has 0 aliphatic heterocycles. The summed E-state index contributed by atoms with van der Waals surface area (Å²) in [5, 5.41) is 2.46. The third-order valence-electron chi connectivity index (χ3n) is 2.77. The van der Waals surface area contributed by atoms with Gasteiger partial charge >= 0.3 is 13.6 Å². The molecule has 0 fully saturated rings. The first-order valence-electron chi connectivity index (χ1n) is 6.08. The lowest BCUT2D eigenvalue weighted by molar-refractivity contribution is -0.145. The van der Waals surface area contributed by atoms with Crippen LogP contribution in [0.2, 0.25) is 0 Å². The predicted octanol–water partition coefficient (Wildman–Crippen LogP) is 1.50. The van der Waals surface area contributed by atoms with E-state index in [0.29, 0.717) is 5.56 Å². The molecule has 1 amide bonds. The number of ether oxygens (including phenoxy) is 1. The van der Waals surface area contributed by atoms with Crippen LogP contribution < -0.4 is 5.32 Å². The van der Waals surface area contributed by atoms with Crippen molar-refractivity contribution in [3.05, 3.63) is 35.9 Å². The van der Waals surface area contributed by atoms with E-state index < -0.39 is 31.7 Å². The zero-order valence-corrected chi connectivity index (χ0v) is 13.0. The van der Waals surface area contributed by atoms with Crippen LogP contribution in [0.15, 0.2) is 30.3 Å². The van der Waals surface area contributed by atoms with E-state index in [2.05, 4.69) is 19.1 Å². The van der Waals surface area contributed by atoms with Crippen LogP contribution in [0.25, 0.3) is 0 Å². The van der Waals surface area contributed by atoms with Crippen LogP contribution in [0.5, 0.6) is 0 Å². The summed E-state index contributed by atoms with van der Waals surface area (Å²) in [7, 11) is 0.108. The van der Waals surface area contributed by atoms with Crippen LogP contribution in [-0.4, -0.2) is 39.4 Å². The van der Waals surface area contributed by atoms with E-state index in [1.54, 1.807) is 30.3 Å². The smallest absolute Gasteiger partial charge is 0.339 e. The topological polar surface area (TPSA) is 90.9 Å². The van der Waals surface area contributed by atoms with Gasteiger partial charge in [-0.05, 0) is 5.56 Å². The third-order valence-corrected chi connectivity index (χ3v) is 4.56.